The molecule has 0 bridgehead atoms. The van der Waals surface area contributed by atoms with Crippen molar-refractivity contribution in [2.75, 3.05) is 13.1 Å². The molecule has 0 aliphatic carbocycles. The maximum absolute atomic E-state index is 4.67. The summed E-state index contributed by atoms with van der Waals surface area (Å²) in [5.41, 5.74) is 1.17. The van der Waals surface area contributed by atoms with Crippen LogP contribution in [0.25, 0.3) is 0 Å². The molecule has 4 heteroatoms. The zero-order valence-electron chi connectivity index (χ0n) is 11.8. The number of thiazole rings is 1. The average Bonchev–Trinajstić information content (AvgIpc) is 2.76. The minimum atomic E-state index is 0.520. The van der Waals surface area contributed by atoms with Crippen LogP contribution in [0.5, 0.6) is 0 Å². The first-order chi connectivity index (χ1) is 8.67. The molecule has 0 radical (unpaired) electrons. The van der Waals surface area contributed by atoms with Crippen LogP contribution in [0.2, 0.25) is 0 Å². The Hall–Kier alpha value is -0.710. The fourth-order valence-corrected chi connectivity index (χ4v) is 2.46. The Morgan fingerprint density at radius 3 is 2.94 bits per heavy atom. The summed E-state index contributed by atoms with van der Waals surface area (Å²) in [4.78, 5) is 7.03. The van der Waals surface area contributed by atoms with E-state index >= 15 is 0 Å². The Balaban J connectivity index is 2.48. The van der Waals surface area contributed by atoms with Crippen molar-refractivity contribution in [3.05, 3.63) is 28.7 Å². The van der Waals surface area contributed by atoms with E-state index in [2.05, 4.69) is 47.9 Å². The zero-order valence-corrected chi connectivity index (χ0v) is 12.6. The van der Waals surface area contributed by atoms with Crippen LogP contribution in [0.1, 0.15) is 37.9 Å². The highest BCUT2D eigenvalue weighted by molar-refractivity contribution is 7.09. The second kappa shape index (κ2) is 8.40. The lowest BCUT2D eigenvalue weighted by molar-refractivity contribution is 0.235. The van der Waals surface area contributed by atoms with Crippen LogP contribution >= 0.6 is 11.3 Å². The molecule has 102 valence electrons. The van der Waals surface area contributed by atoms with Gasteiger partial charge in [-0.1, -0.05) is 13.0 Å². The molecule has 0 unspecified atom stereocenters. The first-order valence-electron chi connectivity index (χ1n) is 6.66. The van der Waals surface area contributed by atoms with Crippen molar-refractivity contribution in [1.82, 2.24) is 15.2 Å². The molecule has 1 aromatic rings. The van der Waals surface area contributed by atoms with Gasteiger partial charge in [0.15, 0.2) is 0 Å². The largest absolute Gasteiger partial charge is 0.310 e. The Morgan fingerprint density at radius 2 is 2.33 bits per heavy atom. The van der Waals surface area contributed by atoms with E-state index in [0.29, 0.717) is 6.04 Å². The maximum Gasteiger partial charge on any atom is 0.107 e. The van der Waals surface area contributed by atoms with E-state index in [1.165, 1.54) is 17.1 Å². The quantitative estimate of drug-likeness (QED) is 0.550. The van der Waals surface area contributed by atoms with E-state index in [1.807, 2.05) is 6.08 Å². The van der Waals surface area contributed by atoms with E-state index < -0.39 is 0 Å². The third kappa shape index (κ3) is 5.29. The van der Waals surface area contributed by atoms with Gasteiger partial charge in [0, 0.05) is 31.1 Å². The fraction of sp³-hybridized carbons (Fsp3) is 0.643. The van der Waals surface area contributed by atoms with Crippen molar-refractivity contribution in [3.63, 3.8) is 0 Å². The molecule has 0 aromatic carbocycles. The van der Waals surface area contributed by atoms with Gasteiger partial charge in [0.1, 0.15) is 5.01 Å². The molecule has 0 spiro atoms. The first kappa shape index (κ1) is 15.3. The lowest BCUT2D eigenvalue weighted by Crippen LogP contribution is -2.30. The predicted octanol–water partition coefficient (Wildman–Crippen LogP) is 3.04. The molecular weight excluding hydrogens is 242 g/mol. The minimum absolute atomic E-state index is 0.520. The topological polar surface area (TPSA) is 28.2 Å². The van der Waals surface area contributed by atoms with Gasteiger partial charge in [-0.15, -0.1) is 17.9 Å². The summed E-state index contributed by atoms with van der Waals surface area (Å²) in [6.45, 7) is 14.2. The fourth-order valence-electron chi connectivity index (χ4n) is 1.71. The van der Waals surface area contributed by atoms with Crippen molar-refractivity contribution >= 4 is 11.3 Å². The van der Waals surface area contributed by atoms with E-state index in [-0.39, 0.29) is 0 Å². The van der Waals surface area contributed by atoms with Gasteiger partial charge in [-0.2, -0.15) is 0 Å². The molecular formula is C14H25N3S. The molecule has 0 amide bonds. The molecule has 18 heavy (non-hydrogen) atoms. The molecule has 0 saturated carbocycles. The summed E-state index contributed by atoms with van der Waals surface area (Å²) < 4.78 is 0. The summed E-state index contributed by atoms with van der Waals surface area (Å²) in [6, 6.07) is 0.520. The van der Waals surface area contributed by atoms with Crippen molar-refractivity contribution in [2.45, 2.75) is 46.3 Å². The molecule has 0 fully saturated rings. The van der Waals surface area contributed by atoms with Crippen LogP contribution in [-0.4, -0.2) is 29.0 Å². The molecule has 1 aromatic heterocycles. The SMILES string of the molecule is C=CCN(Cc1csc(CNCCC)n1)C(C)C. The van der Waals surface area contributed by atoms with Crippen LogP contribution in [0.3, 0.4) is 0 Å². The highest BCUT2D eigenvalue weighted by atomic mass is 32.1. The van der Waals surface area contributed by atoms with Crippen molar-refractivity contribution in [1.29, 1.82) is 0 Å². The summed E-state index contributed by atoms with van der Waals surface area (Å²) >= 11 is 1.75. The Morgan fingerprint density at radius 1 is 1.56 bits per heavy atom. The summed E-state index contributed by atoms with van der Waals surface area (Å²) in [6.07, 6.45) is 3.12. The summed E-state index contributed by atoms with van der Waals surface area (Å²) in [7, 11) is 0. The monoisotopic (exact) mass is 267 g/mol. The van der Waals surface area contributed by atoms with Gasteiger partial charge in [0.25, 0.3) is 0 Å². The van der Waals surface area contributed by atoms with Gasteiger partial charge in [-0.3, -0.25) is 4.90 Å². The number of nitrogens with one attached hydrogen (secondary N) is 1. The van der Waals surface area contributed by atoms with Gasteiger partial charge in [0.2, 0.25) is 0 Å². The third-order valence-corrected chi connectivity index (χ3v) is 3.66. The molecule has 0 atom stereocenters. The standard InChI is InChI=1S/C14H25N3S/c1-5-7-15-9-14-16-13(11-18-14)10-17(8-6-2)12(3)4/h6,11-12,15H,2,5,7-10H2,1,3-4H3. The van der Waals surface area contributed by atoms with Gasteiger partial charge in [-0.05, 0) is 26.8 Å². The maximum atomic E-state index is 4.67. The number of hydrogen-bond acceptors (Lipinski definition) is 4. The van der Waals surface area contributed by atoms with E-state index in [1.54, 1.807) is 11.3 Å². The van der Waals surface area contributed by atoms with E-state index in [9.17, 15) is 0 Å². The van der Waals surface area contributed by atoms with Crippen LogP contribution in [0.15, 0.2) is 18.0 Å². The van der Waals surface area contributed by atoms with Crippen LogP contribution in [-0.2, 0) is 13.1 Å². The van der Waals surface area contributed by atoms with Gasteiger partial charge in [0.05, 0.1) is 5.69 Å². The smallest absolute Gasteiger partial charge is 0.107 e. The molecule has 1 rings (SSSR count). The van der Waals surface area contributed by atoms with Gasteiger partial charge < -0.3 is 5.32 Å². The highest BCUT2D eigenvalue weighted by Crippen LogP contribution is 2.13. The number of aromatic nitrogens is 1. The highest BCUT2D eigenvalue weighted by Gasteiger charge is 2.10. The van der Waals surface area contributed by atoms with Gasteiger partial charge in [-0.25, -0.2) is 4.98 Å². The van der Waals surface area contributed by atoms with Crippen molar-refractivity contribution in [2.24, 2.45) is 0 Å². The van der Waals surface area contributed by atoms with Crippen molar-refractivity contribution in [3.8, 4) is 0 Å². The second-order valence-corrected chi connectivity index (χ2v) is 5.66. The van der Waals surface area contributed by atoms with Crippen LogP contribution < -0.4 is 5.32 Å². The Kier molecular flexibility index (Phi) is 7.16. The molecule has 0 saturated heterocycles. The van der Waals surface area contributed by atoms with E-state index in [0.717, 1.165) is 26.2 Å². The molecule has 1 heterocycles. The normalized spacial score (nSPS) is 11.4. The zero-order chi connectivity index (χ0) is 13.4. The molecule has 0 aliphatic heterocycles. The molecule has 1 N–H and O–H groups in total. The van der Waals surface area contributed by atoms with Gasteiger partial charge >= 0.3 is 0 Å². The third-order valence-electron chi connectivity index (χ3n) is 2.76. The number of hydrogen-bond donors (Lipinski definition) is 1. The van der Waals surface area contributed by atoms with E-state index in [4.69, 9.17) is 0 Å². The van der Waals surface area contributed by atoms with Crippen LogP contribution in [0.4, 0.5) is 0 Å². The predicted molar refractivity (Wildman–Crippen MR) is 79.9 cm³/mol. The Labute approximate surface area is 115 Å². The first-order valence-corrected chi connectivity index (χ1v) is 7.54. The molecule has 0 aliphatic rings. The van der Waals surface area contributed by atoms with Crippen LogP contribution in [0, 0.1) is 0 Å². The Bertz CT molecular complexity index is 347. The lowest BCUT2D eigenvalue weighted by atomic mass is 10.3. The minimum Gasteiger partial charge on any atom is -0.310 e. The summed E-state index contributed by atoms with van der Waals surface area (Å²) in [5.74, 6) is 0. The molecule has 3 nitrogen and oxygen atoms in total. The summed E-state index contributed by atoms with van der Waals surface area (Å²) in [5, 5.41) is 6.73. The van der Waals surface area contributed by atoms with Crippen molar-refractivity contribution < 1.29 is 0 Å². The lowest BCUT2D eigenvalue weighted by Gasteiger charge is -2.23. The average molecular weight is 267 g/mol. The number of nitrogens with zero attached hydrogens (tertiary/aromatic N) is 2. The second-order valence-electron chi connectivity index (χ2n) is 4.72. The number of rotatable bonds is 9.